The van der Waals surface area contributed by atoms with E-state index >= 15 is 0 Å². The van der Waals surface area contributed by atoms with Crippen molar-refractivity contribution in [3.8, 4) is 0 Å². The van der Waals surface area contributed by atoms with Gasteiger partial charge in [-0.2, -0.15) is 0 Å². The number of hydrogen-bond donors (Lipinski definition) is 2. The molecule has 1 aliphatic carbocycles. The number of nitrogens with one attached hydrogen (secondary N) is 2. The van der Waals surface area contributed by atoms with E-state index < -0.39 is 0 Å². The minimum Gasteiger partial charge on any atom is -0.466 e. The molecule has 23 heavy (non-hydrogen) atoms. The Labute approximate surface area is 140 Å². The van der Waals surface area contributed by atoms with Gasteiger partial charge in [0.15, 0.2) is 0 Å². The summed E-state index contributed by atoms with van der Waals surface area (Å²) in [5.74, 6) is 1.90. The lowest BCUT2D eigenvalue weighted by atomic mass is 9.75. The molecule has 1 aliphatic rings. The van der Waals surface area contributed by atoms with Crippen LogP contribution in [0.25, 0.3) is 0 Å². The molecule has 0 aliphatic heterocycles. The summed E-state index contributed by atoms with van der Waals surface area (Å²) in [6.07, 6.45) is 1.82. The van der Waals surface area contributed by atoms with E-state index in [4.69, 9.17) is 4.42 Å². The number of rotatable bonds is 3. The molecule has 1 unspecified atom stereocenters. The largest absolute Gasteiger partial charge is 0.466 e. The Bertz CT molecular complexity index is 717. The summed E-state index contributed by atoms with van der Waals surface area (Å²) in [5.41, 5.74) is 2.21. The van der Waals surface area contributed by atoms with Gasteiger partial charge in [-0.3, -0.25) is 0 Å². The van der Waals surface area contributed by atoms with E-state index in [9.17, 15) is 4.79 Å². The lowest BCUT2D eigenvalue weighted by Gasteiger charge is -2.34. The first kappa shape index (κ1) is 16.1. The Hall–Kier alpha value is -1.82. The van der Waals surface area contributed by atoms with Crippen LogP contribution in [0.3, 0.4) is 0 Å². The second-order valence-corrected chi connectivity index (χ2v) is 7.99. The normalized spacial score (nSPS) is 19.2. The van der Waals surface area contributed by atoms with Crippen LogP contribution in [0.1, 0.15) is 54.1 Å². The quantitative estimate of drug-likeness (QED) is 0.896. The third-order valence-electron chi connectivity index (χ3n) is 4.11. The van der Waals surface area contributed by atoms with Gasteiger partial charge in [0.2, 0.25) is 0 Å². The van der Waals surface area contributed by atoms with E-state index in [0.29, 0.717) is 6.54 Å². The molecular weight excluding hydrogens is 310 g/mol. The number of carbonyl (C=O) groups is 1. The second kappa shape index (κ2) is 6.00. The third kappa shape index (κ3) is 3.75. The number of thiazole rings is 1. The van der Waals surface area contributed by atoms with Gasteiger partial charge in [-0.25, -0.2) is 9.78 Å². The predicted octanol–water partition coefficient (Wildman–Crippen LogP) is 3.87. The monoisotopic (exact) mass is 333 g/mol. The average Bonchev–Trinajstić information content (AvgIpc) is 3.00. The van der Waals surface area contributed by atoms with Crippen LogP contribution < -0.4 is 10.6 Å². The highest BCUT2D eigenvalue weighted by molar-refractivity contribution is 7.09. The molecular formula is C17H23N3O2S. The maximum Gasteiger partial charge on any atom is 0.315 e. The van der Waals surface area contributed by atoms with Crippen molar-refractivity contribution in [2.24, 2.45) is 5.41 Å². The van der Waals surface area contributed by atoms with Crippen LogP contribution in [0.2, 0.25) is 0 Å². The number of fused-ring (bicyclic) bond motifs is 1. The van der Waals surface area contributed by atoms with Crippen LogP contribution in [0.15, 0.2) is 15.9 Å². The van der Waals surface area contributed by atoms with E-state index in [1.54, 1.807) is 11.3 Å². The van der Waals surface area contributed by atoms with Gasteiger partial charge in [0.25, 0.3) is 0 Å². The summed E-state index contributed by atoms with van der Waals surface area (Å²) < 4.78 is 5.81. The Kier molecular flexibility index (Phi) is 4.19. The molecule has 0 bridgehead atoms. The molecule has 2 aromatic heterocycles. The molecule has 2 heterocycles. The van der Waals surface area contributed by atoms with E-state index in [0.717, 1.165) is 40.6 Å². The maximum atomic E-state index is 12.2. The highest BCUT2D eigenvalue weighted by atomic mass is 32.1. The summed E-state index contributed by atoms with van der Waals surface area (Å²) in [4.78, 5) is 16.6. The van der Waals surface area contributed by atoms with Gasteiger partial charge in [-0.05, 0) is 31.7 Å². The molecule has 0 spiro atoms. The second-order valence-electron chi connectivity index (χ2n) is 7.04. The summed E-state index contributed by atoms with van der Waals surface area (Å²) in [6, 6.07) is 1.87. The van der Waals surface area contributed by atoms with Crippen molar-refractivity contribution in [3.63, 3.8) is 0 Å². The minimum atomic E-state index is -0.162. The summed E-state index contributed by atoms with van der Waals surface area (Å²) >= 11 is 1.56. The third-order valence-corrected chi connectivity index (χ3v) is 5.07. The van der Waals surface area contributed by atoms with Gasteiger partial charge in [0.05, 0.1) is 12.6 Å². The number of aryl methyl sites for hydroxylation is 2. The van der Waals surface area contributed by atoms with Crippen molar-refractivity contribution < 1.29 is 9.21 Å². The first-order chi connectivity index (χ1) is 10.8. The smallest absolute Gasteiger partial charge is 0.315 e. The highest BCUT2D eigenvalue weighted by Gasteiger charge is 2.35. The Morgan fingerprint density at radius 2 is 2.26 bits per heavy atom. The number of hydrogen-bond acceptors (Lipinski definition) is 4. The van der Waals surface area contributed by atoms with Crippen molar-refractivity contribution in [1.82, 2.24) is 15.6 Å². The molecule has 5 nitrogen and oxygen atoms in total. The molecule has 2 amide bonds. The molecule has 2 aromatic rings. The van der Waals surface area contributed by atoms with Gasteiger partial charge in [-0.15, -0.1) is 11.3 Å². The zero-order chi connectivity index (χ0) is 16.6. The Morgan fingerprint density at radius 3 is 2.96 bits per heavy atom. The topological polar surface area (TPSA) is 67.2 Å². The summed E-state index contributed by atoms with van der Waals surface area (Å²) in [7, 11) is 0. The number of furan rings is 1. The average molecular weight is 333 g/mol. The van der Waals surface area contributed by atoms with Crippen molar-refractivity contribution in [1.29, 1.82) is 0 Å². The van der Waals surface area contributed by atoms with Crippen molar-refractivity contribution in [2.75, 3.05) is 0 Å². The van der Waals surface area contributed by atoms with E-state index in [-0.39, 0.29) is 17.5 Å². The van der Waals surface area contributed by atoms with Crippen LogP contribution >= 0.6 is 11.3 Å². The zero-order valence-electron chi connectivity index (χ0n) is 14.0. The molecule has 1 atom stereocenters. The zero-order valence-corrected chi connectivity index (χ0v) is 14.8. The molecule has 0 saturated carbocycles. The van der Waals surface area contributed by atoms with E-state index in [2.05, 4.69) is 29.5 Å². The molecule has 0 fully saturated rings. The number of carbonyl (C=O) groups excluding carboxylic acids is 1. The van der Waals surface area contributed by atoms with Crippen LogP contribution in [0.5, 0.6) is 0 Å². The van der Waals surface area contributed by atoms with Crippen molar-refractivity contribution >= 4 is 17.4 Å². The SMILES string of the molecule is Cc1csc(CNC(=O)NC2CC(C)(C)Cc3oc(C)cc32)n1. The fourth-order valence-corrected chi connectivity index (χ4v) is 3.87. The first-order valence-corrected chi connectivity index (χ1v) is 8.75. The molecule has 3 rings (SSSR count). The van der Waals surface area contributed by atoms with Crippen molar-refractivity contribution in [3.05, 3.63) is 39.2 Å². The van der Waals surface area contributed by atoms with Crippen LogP contribution in [0.4, 0.5) is 4.79 Å². The Balaban J connectivity index is 1.65. The van der Waals surface area contributed by atoms with Crippen molar-refractivity contribution in [2.45, 2.75) is 53.1 Å². The first-order valence-electron chi connectivity index (χ1n) is 7.87. The van der Waals surface area contributed by atoms with Crippen LogP contribution in [-0.4, -0.2) is 11.0 Å². The van der Waals surface area contributed by atoms with Gasteiger partial charge >= 0.3 is 6.03 Å². The number of nitrogens with zero attached hydrogens (tertiary/aromatic N) is 1. The van der Waals surface area contributed by atoms with Crippen LogP contribution in [0, 0.1) is 19.3 Å². The van der Waals surface area contributed by atoms with Gasteiger partial charge in [0.1, 0.15) is 16.5 Å². The number of amides is 2. The lowest BCUT2D eigenvalue weighted by molar-refractivity contribution is 0.214. The predicted molar refractivity (Wildman–Crippen MR) is 90.5 cm³/mol. The van der Waals surface area contributed by atoms with E-state index in [1.807, 2.05) is 25.3 Å². The van der Waals surface area contributed by atoms with E-state index in [1.165, 1.54) is 0 Å². The number of aromatic nitrogens is 1. The molecule has 6 heteroatoms. The van der Waals surface area contributed by atoms with Gasteiger partial charge in [0, 0.05) is 23.1 Å². The maximum absolute atomic E-state index is 12.2. The molecule has 124 valence electrons. The van der Waals surface area contributed by atoms with Gasteiger partial charge < -0.3 is 15.1 Å². The molecule has 0 aromatic carbocycles. The Morgan fingerprint density at radius 1 is 1.48 bits per heavy atom. The van der Waals surface area contributed by atoms with Crippen LogP contribution in [-0.2, 0) is 13.0 Å². The van der Waals surface area contributed by atoms with Gasteiger partial charge in [-0.1, -0.05) is 13.8 Å². The molecule has 0 radical (unpaired) electrons. The standard InChI is InChI=1S/C17H23N3O2S/c1-10-9-23-15(19-10)8-18-16(21)20-13-6-17(3,4)7-14-12(13)5-11(2)22-14/h5,9,13H,6-8H2,1-4H3,(H2,18,20,21). The minimum absolute atomic E-state index is 0.00997. The highest BCUT2D eigenvalue weighted by Crippen LogP contribution is 2.41. The number of urea groups is 1. The lowest BCUT2D eigenvalue weighted by Crippen LogP contribution is -2.41. The fraction of sp³-hybridized carbons (Fsp3) is 0.529. The summed E-state index contributed by atoms with van der Waals surface area (Å²) in [6.45, 7) is 8.77. The molecule has 0 saturated heterocycles. The summed E-state index contributed by atoms with van der Waals surface area (Å²) in [5, 5.41) is 8.88. The molecule has 2 N–H and O–H groups in total. The fourth-order valence-electron chi connectivity index (χ4n) is 3.16.